The van der Waals surface area contributed by atoms with Gasteiger partial charge in [0.05, 0.1) is 11.8 Å². The van der Waals surface area contributed by atoms with Crippen molar-refractivity contribution in [3.8, 4) is 5.69 Å². The number of carbonyl (C=O) groups is 1. The highest BCUT2D eigenvalue weighted by atomic mass is 19.4. The number of rotatable bonds is 6. The van der Waals surface area contributed by atoms with E-state index in [1.54, 1.807) is 0 Å². The predicted molar refractivity (Wildman–Crippen MR) is 105 cm³/mol. The number of para-hydroxylation sites is 1. The summed E-state index contributed by atoms with van der Waals surface area (Å²) < 4.78 is 55.7. The Bertz CT molecular complexity index is 1010. The zero-order valence-corrected chi connectivity index (χ0v) is 16.4. The van der Waals surface area contributed by atoms with Gasteiger partial charge in [-0.1, -0.05) is 56.3 Å². The summed E-state index contributed by atoms with van der Waals surface area (Å²) in [5.41, 5.74) is -1.37. The molecule has 1 heterocycles. The molecule has 30 heavy (non-hydrogen) atoms. The summed E-state index contributed by atoms with van der Waals surface area (Å²) in [5.74, 6) is -1.71. The summed E-state index contributed by atoms with van der Waals surface area (Å²) in [6, 6.07) is 14.4. The van der Waals surface area contributed by atoms with Crippen molar-refractivity contribution < 1.29 is 22.4 Å². The Morgan fingerprint density at radius 3 is 2.30 bits per heavy atom. The van der Waals surface area contributed by atoms with Crippen molar-refractivity contribution in [2.75, 3.05) is 6.54 Å². The zero-order valence-electron chi connectivity index (χ0n) is 16.4. The van der Waals surface area contributed by atoms with Crippen LogP contribution in [-0.2, 0) is 6.18 Å². The third-order valence-electron chi connectivity index (χ3n) is 4.88. The maximum absolute atomic E-state index is 14.1. The summed E-state index contributed by atoms with van der Waals surface area (Å²) in [7, 11) is 0. The van der Waals surface area contributed by atoms with Gasteiger partial charge < -0.3 is 5.32 Å². The van der Waals surface area contributed by atoms with Crippen LogP contribution in [-0.4, -0.2) is 22.2 Å². The van der Waals surface area contributed by atoms with Crippen LogP contribution in [0, 0.1) is 11.7 Å². The maximum atomic E-state index is 14.1. The summed E-state index contributed by atoms with van der Waals surface area (Å²) in [4.78, 5) is 12.6. The number of alkyl halides is 3. The number of nitrogens with one attached hydrogen (secondary N) is 1. The second-order valence-corrected chi connectivity index (χ2v) is 7.24. The number of aromatic nitrogens is 2. The van der Waals surface area contributed by atoms with E-state index in [1.165, 1.54) is 18.2 Å². The van der Waals surface area contributed by atoms with Gasteiger partial charge in [0, 0.05) is 12.5 Å². The van der Waals surface area contributed by atoms with Crippen molar-refractivity contribution in [2.24, 2.45) is 5.92 Å². The minimum Gasteiger partial charge on any atom is -0.351 e. The van der Waals surface area contributed by atoms with Crippen molar-refractivity contribution in [1.82, 2.24) is 15.1 Å². The molecule has 0 aliphatic rings. The Kier molecular flexibility index (Phi) is 6.24. The van der Waals surface area contributed by atoms with E-state index < -0.39 is 29.2 Å². The lowest BCUT2D eigenvalue weighted by Crippen LogP contribution is -2.32. The molecule has 0 bridgehead atoms. The van der Waals surface area contributed by atoms with Crippen LogP contribution in [0.4, 0.5) is 17.6 Å². The normalized spacial score (nSPS) is 12.8. The first kappa shape index (κ1) is 21.5. The van der Waals surface area contributed by atoms with E-state index in [2.05, 4.69) is 10.4 Å². The topological polar surface area (TPSA) is 46.9 Å². The van der Waals surface area contributed by atoms with Crippen LogP contribution >= 0.6 is 0 Å². The molecule has 3 rings (SSSR count). The van der Waals surface area contributed by atoms with Gasteiger partial charge in [0.15, 0.2) is 5.69 Å². The summed E-state index contributed by atoms with van der Waals surface area (Å²) in [6.45, 7) is 4.10. The van der Waals surface area contributed by atoms with Crippen molar-refractivity contribution >= 4 is 5.91 Å². The van der Waals surface area contributed by atoms with Crippen LogP contribution in [0.15, 0.2) is 60.8 Å². The first-order valence-corrected chi connectivity index (χ1v) is 9.43. The molecule has 1 N–H and O–H groups in total. The fourth-order valence-electron chi connectivity index (χ4n) is 3.33. The molecule has 0 aliphatic carbocycles. The molecular formula is C22H21F4N3O. The fourth-order valence-corrected chi connectivity index (χ4v) is 3.33. The Morgan fingerprint density at radius 1 is 1.07 bits per heavy atom. The zero-order chi connectivity index (χ0) is 21.9. The third-order valence-corrected chi connectivity index (χ3v) is 4.88. The summed E-state index contributed by atoms with van der Waals surface area (Å²) >= 11 is 0. The van der Waals surface area contributed by atoms with Crippen molar-refractivity contribution in [2.45, 2.75) is 25.9 Å². The average molecular weight is 419 g/mol. The molecule has 158 valence electrons. The van der Waals surface area contributed by atoms with Crippen LogP contribution < -0.4 is 5.32 Å². The van der Waals surface area contributed by atoms with Crippen LogP contribution in [0.25, 0.3) is 5.69 Å². The molecule has 0 saturated heterocycles. The molecule has 1 aromatic heterocycles. The Labute approximate surface area is 171 Å². The quantitative estimate of drug-likeness (QED) is 0.559. The number of hydrogen-bond acceptors (Lipinski definition) is 2. The molecule has 1 amide bonds. The summed E-state index contributed by atoms with van der Waals surface area (Å²) in [5, 5.41) is 6.24. The van der Waals surface area contributed by atoms with Gasteiger partial charge in [-0.05, 0) is 23.6 Å². The smallest absolute Gasteiger partial charge is 0.351 e. The maximum Gasteiger partial charge on any atom is 0.434 e. The molecule has 2 aromatic carbocycles. The molecule has 0 radical (unpaired) electrons. The minimum atomic E-state index is -4.90. The Hall–Kier alpha value is -3.16. The molecule has 0 spiro atoms. The molecule has 3 aromatic rings. The van der Waals surface area contributed by atoms with Gasteiger partial charge >= 0.3 is 6.18 Å². The van der Waals surface area contributed by atoms with Gasteiger partial charge in [-0.15, -0.1) is 0 Å². The second-order valence-electron chi connectivity index (χ2n) is 7.24. The Morgan fingerprint density at radius 2 is 1.70 bits per heavy atom. The molecular weight excluding hydrogens is 398 g/mol. The highest BCUT2D eigenvalue weighted by Crippen LogP contribution is 2.34. The van der Waals surface area contributed by atoms with Crippen molar-refractivity contribution in [1.29, 1.82) is 0 Å². The highest BCUT2D eigenvalue weighted by Gasteiger charge is 2.41. The van der Waals surface area contributed by atoms with E-state index in [1.807, 2.05) is 44.2 Å². The lowest BCUT2D eigenvalue weighted by molar-refractivity contribution is -0.143. The van der Waals surface area contributed by atoms with E-state index in [9.17, 15) is 22.4 Å². The van der Waals surface area contributed by atoms with Crippen LogP contribution in [0.2, 0.25) is 0 Å². The van der Waals surface area contributed by atoms with Crippen LogP contribution in [0.5, 0.6) is 0 Å². The average Bonchev–Trinajstić information content (AvgIpc) is 3.14. The van der Waals surface area contributed by atoms with Gasteiger partial charge in [-0.25, -0.2) is 9.07 Å². The Balaban J connectivity index is 1.90. The number of benzene rings is 2. The molecule has 1 atom stereocenters. The van der Waals surface area contributed by atoms with E-state index in [0.29, 0.717) is 4.68 Å². The number of carbonyl (C=O) groups excluding carboxylic acids is 1. The van der Waals surface area contributed by atoms with Gasteiger partial charge in [-0.3, -0.25) is 4.79 Å². The number of nitrogens with zero attached hydrogens (tertiary/aromatic N) is 2. The second kappa shape index (κ2) is 8.69. The van der Waals surface area contributed by atoms with E-state index in [4.69, 9.17) is 0 Å². The fraction of sp³-hybridized carbons (Fsp3) is 0.273. The molecule has 8 heteroatoms. The molecule has 1 unspecified atom stereocenters. The molecule has 0 aliphatic heterocycles. The lowest BCUT2D eigenvalue weighted by atomic mass is 9.88. The molecule has 0 fully saturated rings. The van der Waals surface area contributed by atoms with Crippen LogP contribution in [0.3, 0.4) is 0 Å². The monoisotopic (exact) mass is 419 g/mol. The highest BCUT2D eigenvalue weighted by molar-refractivity contribution is 5.95. The minimum absolute atomic E-state index is 0.0777. The molecule has 0 saturated carbocycles. The van der Waals surface area contributed by atoms with E-state index in [0.717, 1.165) is 17.8 Å². The van der Waals surface area contributed by atoms with Gasteiger partial charge in [0.2, 0.25) is 0 Å². The first-order valence-electron chi connectivity index (χ1n) is 9.43. The van der Waals surface area contributed by atoms with E-state index in [-0.39, 0.29) is 24.1 Å². The predicted octanol–water partition coefficient (Wildman–Crippen LogP) is 5.20. The number of halogens is 4. The van der Waals surface area contributed by atoms with Gasteiger partial charge in [-0.2, -0.15) is 18.3 Å². The standard InChI is InChI=1S/C22H21F4N3O/c1-14(2)16(15-8-4-3-5-9-15)12-27-21(30)17-13-28-29(20(17)22(24,25)26)19-11-7-6-10-18(19)23/h3-11,13-14,16H,12H2,1-2H3,(H,27,30). The third kappa shape index (κ3) is 4.53. The number of amides is 1. The van der Waals surface area contributed by atoms with Crippen molar-refractivity contribution in [3.05, 3.63) is 83.4 Å². The largest absolute Gasteiger partial charge is 0.434 e. The van der Waals surface area contributed by atoms with Crippen molar-refractivity contribution in [3.63, 3.8) is 0 Å². The SMILES string of the molecule is CC(C)C(CNC(=O)c1cnn(-c2ccccc2F)c1C(F)(F)F)c1ccccc1. The summed E-state index contributed by atoms with van der Waals surface area (Å²) in [6.07, 6.45) is -4.08. The van der Waals surface area contributed by atoms with E-state index >= 15 is 0 Å². The number of hydrogen-bond donors (Lipinski definition) is 1. The lowest BCUT2D eigenvalue weighted by Gasteiger charge is -2.22. The molecule has 4 nitrogen and oxygen atoms in total. The van der Waals surface area contributed by atoms with Gasteiger partial charge in [0.25, 0.3) is 5.91 Å². The first-order chi connectivity index (χ1) is 14.2. The van der Waals surface area contributed by atoms with Gasteiger partial charge in [0.1, 0.15) is 11.5 Å². The van der Waals surface area contributed by atoms with Crippen LogP contribution in [0.1, 0.15) is 41.4 Å².